The van der Waals surface area contributed by atoms with Crippen molar-refractivity contribution >= 4 is 49.4 Å². The molecule has 4 saturated heterocycles. The predicted octanol–water partition coefficient (Wildman–Crippen LogP) is -2.97. The summed E-state index contributed by atoms with van der Waals surface area (Å²) in [6.45, 7) is 3.04. The molecule has 0 aromatic rings. The summed E-state index contributed by atoms with van der Waals surface area (Å²) in [6.07, 6.45) is -0.243. The summed E-state index contributed by atoms with van der Waals surface area (Å²) in [7, 11) is -7.99. The third-order valence-electron chi connectivity index (χ3n) is 7.59. The summed E-state index contributed by atoms with van der Waals surface area (Å²) in [5, 5.41) is -2.56. The highest BCUT2D eigenvalue weighted by Gasteiger charge is 2.72. The van der Waals surface area contributed by atoms with E-state index in [1.54, 1.807) is 0 Å². The van der Waals surface area contributed by atoms with E-state index in [0.29, 0.717) is 0 Å². The summed E-state index contributed by atoms with van der Waals surface area (Å²) >= 11 is 0. The molecule has 37 heavy (non-hydrogen) atoms. The Balaban J connectivity index is 1.43. The van der Waals surface area contributed by atoms with Crippen molar-refractivity contribution in [3.63, 3.8) is 0 Å². The number of nitrogens with zero attached hydrogens (tertiary/aromatic N) is 2. The van der Waals surface area contributed by atoms with Crippen LogP contribution in [-0.2, 0) is 57.9 Å². The van der Waals surface area contributed by atoms with Gasteiger partial charge in [-0.1, -0.05) is 0 Å². The standard InChI is InChI=1S/C20H27N3O12S2/c1-19(2)13(22-10(24)5-11(22)36(19,29)30)17(27)34-8-35-18(28)14-20(3,4)37(31,32)16-9(15(26)23(14)16)7-33-12(25)6-21/h9,11,13-14,16H,5-8,21H2,1-4H3/t9-,11+,13-,14-,16+/m0/s1. The SMILES string of the molecule is CC1(C)[C@H](C(=O)OCOC(=O)[C@@H]2N3C(=O)[C@H](COC(=O)CN)[C@H]3S(=O)(=O)C2(C)C)N2C(=O)C[C@H]2S1(=O)=O. The second-order valence-electron chi connectivity index (χ2n) is 10.2. The Morgan fingerprint density at radius 2 is 1.41 bits per heavy atom. The zero-order chi connectivity index (χ0) is 27.9. The fraction of sp³-hybridized carbons (Fsp3) is 0.750. The zero-order valence-corrected chi connectivity index (χ0v) is 22.0. The summed E-state index contributed by atoms with van der Waals surface area (Å²) < 4.78 is 62.8. The minimum Gasteiger partial charge on any atom is -0.464 e. The van der Waals surface area contributed by atoms with Gasteiger partial charge in [0.1, 0.15) is 30.0 Å². The first-order valence-electron chi connectivity index (χ1n) is 11.2. The monoisotopic (exact) mass is 565 g/mol. The molecule has 0 aromatic heterocycles. The van der Waals surface area contributed by atoms with Crippen LogP contribution in [-0.4, -0.2) is 109 Å². The number of sulfone groups is 2. The number of nitrogens with two attached hydrogens (primary N) is 1. The van der Waals surface area contributed by atoms with Crippen molar-refractivity contribution in [2.24, 2.45) is 11.7 Å². The van der Waals surface area contributed by atoms with Gasteiger partial charge < -0.3 is 29.7 Å². The number of fused-ring (bicyclic) bond motifs is 2. The van der Waals surface area contributed by atoms with E-state index in [1.165, 1.54) is 27.7 Å². The summed E-state index contributed by atoms with van der Waals surface area (Å²) in [6, 6.07) is -3.04. The van der Waals surface area contributed by atoms with Gasteiger partial charge in [-0.25, -0.2) is 26.4 Å². The highest BCUT2D eigenvalue weighted by Crippen LogP contribution is 2.49. The number of amides is 2. The van der Waals surface area contributed by atoms with E-state index in [9.17, 15) is 40.8 Å². The van der Waals surface area contributed by atoms with Crippen LogP contribution in [0, 0.1) is 5.92 Å². The van der Waals surface area contributed by atoms with Crippen molar-refractivity contribution in [1.82, 2.24) is 9.80 Å². The number of hydrogen-bond donors (Lipinski definition) is 1. The quantitative estimate of drug-likeness (QED) is 0.186. The second kappa shape index (κ2) is 8.36. The Labute approximate surface area is 212 Å². The van der Waals surface area contributed by atoms with Crippen LogP contribution < -0.4 is 5.73 Å². The van der Waals surface area contributed by atoms with Crippen LogP contribution in [0.2, 0.25) is 0 Å². The van der Waals surface area contributed by atoms with Crippen molar-refractivity contribution in [3.8, 4) is 0 Å². The van der Waals surface area contributed by atoms with Crippen molar-refractivity contribution in [2.75, 3.05) is 19.9 Å². The van der Waals surface area contributed by atoms with Crippen molar-refractivity contribution in [1.29, 1.82) is 0 Å². The highest BCUT2D eigenvalue weighted by atomic mass is 32.2. The van der Waals surface area contributed by atoms with Crippen LogP contribution in [0.3, 0.4) is 0 Å². The topological polar surface area (TPSA) is 214 Å². The van der Waals surface area contributed by atoms with Crippen molar-refractivity contribution < 1.29 is 55.0 Å². The molecule has 0 aliphatic carbocycles. The summed E-state index contributed by atoms with van der Waals surface area (Å²) in [4.78, 5) is 63.3. The molecular formula is C20H27N3O12S2. The molecule has 15 nitrogen and oxygen atoms in total. The van der Waals surface area contributed by atoms with E-state index in [4.69, 9.17) is 19.9 Å². The lowest BCUT2D eigenvalue weighted by molar-refractivity contribution is -0.183. The molecular weight excluding hydrogens is 538 g/mol. The Morgan fingerprint density at radius 1 is 0.892 bits per heavy atom. The molecule has 4 fully saturated rings. The normalized spacial score (nSPS) is 33.5. The Bertz CT molecular complexity index is 1310. The molecule has 2 amide bonds. The first-order valence-corrected chi connectivity index (χ1v) is 14.3. The molecule has 4 heterocycles. The minimum absolute atomic E-state index is 0.243. The molecule has 2 N–H and O–H groups in total. The molecule has 0 radical (unpaired) electrons. The third-order valence-corrected chi connectivity index (χ3v) is 13.3. The molecule has 0 unspecified atom stereocenters. The summed E-state index contributed by atoms with van der Waals surface area (Å²) in [5.41, 5.74) is 5.14. The number of carbonyl (C=O) groups excluding carboxylic acids is 5. The largest absolute Gasteiger partial charge is 0.464 e. The molecule has 4 aliphatic heterocycles. The van der Waals surface area contributed by atoms with Crippen LogP contribution in [0.25, 0.3) is 0 Å². The van der Waals surface area contributed by atoms with Gasteiger partial charge in [-0.3, -0.25) is 14.4 Å². The van der Waals surface area contributed by atoms with Gasteiger partial charge in [0.05, 0.1) is 22.5 Å². The molecule has 4 aliphatic rings. The molecule has 0 saturated carbocycles. The lowest BCUT2D eigenvalue weighted by Gasteiger charge is -2.42. The maximum atomic E-state index is 13.1. The fourth-order valence-corrected chi connectivity index (χ4v) is 9.72. The second-order valence-corrected chi connectivity index (χ2v) is 15.5. The lowest BCUT2D eigenvalue weighted by Crippen LogP contribution is -2.65. The highest BCUT2D eigenvalue weighted by molar-refractivity contribution is 7.94. The molecule has 206 valence electrons. The molecule has 0 spiro atoms. The smallest absolute Gasteiger partial charge is 0.333 e. The first kappa shape index (κ1) is 27.3. The average Bonchev–Trinajstić information content (AvgIpc) is 3.02. The van der Waals surface area contributed by atoms with E-state index in [2.05, 4.69) is 0 Å². The third kappa shape index (κ3) is 3.49. The lowest BCUT2D eigenvalue weighted by atomic mass is 9.92. The Hall–Kier alpha value is -2.79. The average molecular weight is 566 g/mol. The van der Waals surface area contributed by atoms with Crippen LogP contribution in [0.15, 0.2) is 0 Å². The van der Waals surface area contributed by atoms with E-state index in [0.717, 1.165) is 9.80 Å². The first-order chi connectivity index (χ1) is 16.9. The van der Waals surface area contributed by atoms with E-state index >= 15 is 0 Å². The van der Waals surface area contributed by atoms with Gasteiger partial charge in [0.2, 0.25) is 18.6 Å². The van der Waals surface area contributed by atoms with Crippen molar-refractivity contribution in [3.05, 3.63) is 0 Å². The Morgan fingerprint density at radius 3 is 1.92 bits per heavy atom. The van der Waals surface area contributed by atoms with E-state index in [-0.39, 0.29) is 6.42 Å². The Kier molecular flexibility index (Phi) is 6.15. The zero-order valence-electron chi connectivity index (χ0n) is 20.4. The number of β-lactam (4-membered cyclic amide) rings is 2. The van der Waals surface area contributed by atoms with Crippen LogP contribution in [0.4, 0.5) is 0 Å². The number of rotatable bonds is 7. The number of carbonyl (C=O) groups is 5. The van der Waals surface area contributed by atoms with Gasteiger partial charge >= 0.3 is 17.9 Å². The number of esters is 3. The van der Waals surface area contributed by atoms with Crippen LogP contribution in [0.1, 0.15) is 34.1 Å². The van der Waals surface area contributed by atoms with Crippen molar-refractivity contribution in [2.45, 2.75) is 66.4 Å². The van der Waals surface area contributed by atoms with Gasteiger partial charge in [0.25, 0.3) is 0 Å². The molecule has 17 heteroatoms. The van der Waals surface area contributed by atoms with Crippen LogP contribution >= 0.6 is 0 Å². The van der Waals surface area contributed by atoms with Gasteiger partial charge in [0, 0.05) is 0 Å². The van der Waals surface area contributed by atoms with E-state index < -0.39 is 108 Å². The number of ether oxygens (including phenoxy) is 3. The molecule has 0 bridgehead atoms. The predicted molar refractivity (Wildman–Crippen MR) is 120 cm³/mol. The maximum absolute atomic E-state index is 13.1. The molecule has 4 rings (SSSR count). The molecule has 5 atom stereocenters. The van der Waals surface area contributed by atoms with Gasteiger partial charge in [0.15, 0.2) is 25.0 Å². The molecule has 0 aromatic carbocycles. The minimum atomic E-state index is -4.13. The van der Waals surface area contributed by atoms with Gasteiger partial charge in [-0.05, 0) is 27.7 Å². The van der Waals surface area contributed by atoms with Crippen LogP contribution in [0.5, 0.6) is 0 Å². The van der Waals surface area contributed by atoms with E-state index in [1.807, 2.05) is 0 Å². The number of hydrogen-bond acceptors (Lipinski definition) is 13. The van der Waals surface area contributed by atoms with Gasteiger partial charge in [-0.2, -0.15) is 0 Å². The fourth-order valence-electron chi connectivity index (χ4n) is 5.30. The summed E-state index contributed by atoms with van der Waals surface area (Å²) in [5.74, 6) is -5.62. The maximum Gasteiger partial charge on any atom is 0.333 e. The van der Waals surface area contributed by atoms with Gasteiger partial charge in [-0.15, -0.1) is 0 Å².